The van der Waals surface area contributed by atoms with E-state index in [2.05, 4.69) is 61.8 Å². The molecule has 0 saturated heterocycles. The van der Waals surface area contributed by atoms with E-state index < -0.39 is 0 Å². The van der Waals surface area contributed by atoms with Crippen molar-refractivity contribution < 1.29 is 9.47 Å². The summed E-state index contributed by atoms with van der Waals surface area (Å²) in [5, 5.41) is 18.7. The minimum absolute atomic E-state index is 0.0640. The minimum atomic E-state index is 0.0640. The first kappa shape index (κ1) is 22.1. The van der Waals surface area contributed by atoms with Crippen LogP contribution >= 0.6 is 0 Å². The molecular weight excluding hydrogens is 456 g/mol. The maximum atomic E-state index is 4.99. The van der Waals surface area contributed by atoms with E-state index in [4.69, 9.17) is 15.3 Å². The van der Waals surface area contributed by atoms with Gasteiger partial charge in [0.2, 0.25) is 10.7 Å². The van der Waals surface area contributed by atoms with Crippen LogP contribution in [0, 0.1) is 0 Å². The SMILES string of the molecule is CC(C)n1nc(-c2ccnc3c2n(C(C)C)n[n+]3-[n+]2cccc3nnn(C(C)C)c32)c2nccnc21. The number of hydrogen-bond donors (Lipinski definition) is 0. The molecule has 0 radical (unpaired) electrons. The molecule has 0 spiro atoms. The predicted octanol–water partition coefficient (Wildman–Crippen LogP) is 2.61. The zero-order valence-corrected chi connectivity index (χ0v) is 21.1. The molecule has 0 saturated carbocycles. The summed E-state index contributed by atoms with van der Waals surface area (Å²) in [4.78, 5) is 15.8. The summed E-state index contributed by atoms with van der Waals surface area (Å²) in [5.41, 5.74) is 6.31. The van der Waals surface area contributed by atoms with Crippen LogP contribution in [0.1, 0.15) is 59.7 Å². The summed E-state index contributed by atoms with van der Waals surface area (Å²) in [6, 6.07) is 6.17. The molecule has 0 aliphatic heterocycles. The largest absolute Gasteiger partial charge is 0.379 e. The van der Waals surface area contributed by atoms with Gasteiger partial charge < -0.3 is 0 Å². The average Bonchev–Trinajstić information content (AvgIpc) is 3.57. The lowest BCUT2D eigenvalue weighted by Crippen LogP contribution is -2.69. The Morgan fingerprint density at radius 1 is 0.806 bits per heavy atom. The lowest BCUT2D eigenvalue weighted by Gasteiger charge is -2.04. The summed E-state index contributed by atoms with van der Waals surface area (Å²) in [7, 11) is 0. The Balaban J connectivity index is 1.70. The maximum Gasteiger partial charge on any atom is 0.379 e. The first-order chi connectivity index (χ1) is 17.4. The molecule has 6 aromatic heterocycles. The van der Waals surface area contributed by atoms with Gasteiger partial charge in [0.15, 0.2) is 11.2 Å². The van der Waals surface area contributed by atoms with E-state index in [0.717, 1.165) is 39.1 Å². The molecule has 36 heavy (non-hydrogen) atoms. The number of pyridine rings is 2. The summed E-state index contributed by atoms with van der Waals surface area (Å²) in [6.45, 7) is 12.5. The fourth-order valence-corrected chi connectivity index (χ4v) is 4.52. The van der Waals surface area contributed by atoms with Crippen molar-refractivity contribution in [1.29, 1.82) is 0 Å². The van der Waals surface area contributed by atoms with Crippen molar-refractivity contribution in [2.24, 2.45) is 0 Å². The topological polar surface area (TPSA) is 113 Å². The van der Waals surface area contributed by atoms with Gasteiger partial charge >= 0.3 is 11.3 Å². The summed E-state index contributed by atoms with van der Waals surface area (Å²) < 4.78 is 7.72. The molecule has 0 amide bonds. The van der Waals surface area contributed by atoms with Crippen LogP contribution in [0.5, 0.6) is 0 Å². The van der Waals surface area contributed by atoms with Gasteiger partial charge in [-0.2, -0.15) is 5.10 Å². The molecule has 0 N–H and O–H groups in total. The number of nitrogens with zero attached hydrogens (tertiary/aromatic N) is 12. The van der Waals surface area contributed by atoms with Crippen LogP contribution in [0.25, 0.3) is 44.7 Å². The Morgan fingerprint density at radius 3 is 2.31 bits per heavy atom. The van der Waals surface area contributed by atoms with Crippen molar-refractivity contribution >= 4 is 33.5 Å². The molecule has 6 heterocycles. The lowest BCUT2D eigenvalue weighted by atomic mass is 10.1. The molecule has 0 fully saturated rings. The van der Waals surface area contributed by atoms with Crippen molar-refractivity contribution in [3.8, 4) is 11.3 Å². The summed E-state index contributed by atoms with van der Waals surface area (Å²) in [5.74, 6) is 0. The monoisotopic (exact) mass is 484 g/mol. The Morgan fingerprint density at radius 2 is 1.56 bits per heavy atom. The van der Waals surface area contributed by atoms with Crippen LogP contribution in [0.3, 0.4) is 0 Å². The van der Waals surface area contributed by atoms with Gasteiger partial charge in [0, 0.05) is 18.4 Å². The Hall–Kier alpha value is -4.35. The number of aromatic nitrogens is 12. The second-order valence-corrected chi connectivity index (χ2v) is 9.65. The van der Waals surface area contributed by atoms with Gasteiger partial charge in [-0.05, 0) is 65.0 Å². The average molecular weight is 485 g/mol. The second kappa shape index (κ2) is 8.11. The third kappa shape index (κ3) is 3.17. The van der Waals surface area contributed by atoms with Gasteiger partial charge in [-0.25, -0.2) is 14.6 Å². The first-order valence-corrected chi connectivity index (χ1v) is 12.1. The zero-order valence-electron chi connectivity index (χ0n) is 21.1. The molecular formula is C24H28N12+2. The Bertz CT molecular complexity index is 1740. The maximum absolute atomic E-state index is 4.99. The second-order valence-electron chi connectivity index (χ2n) is 9.65. The van der Waals surface area contributed by atoms with Gasteiger partial charge in [0.1, 0.15) is 29.6 Å². The van der Waals surface area contributed by atoms with Crippen LogP contribution < -0.4 is 9.47 Å². The Kier molecular flexibility index (Phi) is 4.99. The van der Waals surface area contributed by atoms with Gasteiger partial charge in [-0.15, -0.1) is 14.8 Å². The van der Waals surface area contributed by atoms with Gasteiger partial charge in [0.25, 0.3) is 0 Å². The van der Waals surface area contributed by atoms with E-state index in [9.17, 15) is 0 Å². The van der Waals surface area contributed by atoms with Gasteiger partial charge in [-0.3, -0.25) is 0 Å². The minimum Gasteiger partial charge on any atom is -0.249 e. The number of hydrogen-bond acceptors (Lipinski definition) is 7. The van der Waals surface area contributed by atoms with E-state index in [-0.39, 0.29) is 18.1 Å². The summed E-state index contributed by atoms with van der Waals surface area (Å²) in [6.07, 6.45) is 7.14. The standard InChI is InChI=1S/C24H28N12/c1-14(2)33-21-17(19-20-22(27-12-11-25-20)34(29-19)15(3)4)9-10-26-23(21)36(31-33)32-13-7-8-18-24(32)35(16(5)6)30-28-18/h7-16H,1-6H3/q+2. The fraction of sp³-hybridized carbons (Fsp3) is 0.375. The molecule has 12 nitrogen and oxygen atoms in total. The van der Waals surface area contributed by atoms with Crippen molar-refractivity contribution in [2.45, 2.75) is 59.7 Å². The van der Waals surface area contributed by atoms with Crippen LogP contribution in [0.15, 0.2) is 43.0 Å². The number of rotatable bonds is 5. The van der Waals surface area contributed by atoms with Crippen molar-refractivity contribution in [2.75, 3.05) is 0 Å². The normalized spacial score (nSPS) is 12.4. The van der Waals surface area contributed by atoms with Crippen molar-refractivity contribution in [3.63, 3.8) is 0 Å². The molecule has 0 unspecified atom stereocenters. The Labute approximate surface area is 206 Å². The van der Waals surface area contributed by atoms with Crippen LogP contribution in [0.4, 0.5) is 0 Å². The third-order valence-electron chi connectivity index (χ3n) is 6.15. The summed E-state index contributed by atoms with van der Waals surface area (Å²) >= 11 is 0. The van der Waals surface area contributed by atoms with Crippen LogP contribution in [0.2, 0.25) is 0 Å². The van der Waals surface area contributed by atoms with E-state index >= 15 is 0 Å². The van der Waals surface area contributed by atoms with Crippen molar-refractivity contribution in [1.82, 2.24) is 49.6 Å². The zero-order chi connectivity index (χ0) is 25.1. The lowest BCUT2D eigenvalue weighted by molar-refractivity contribution is -1.30. The van der Waals surface area contributed by atoms with Crippen molar-refractivity contribution in [3.05, 3.63) is 43.0 Å². The number of fused-ring (bicyclic) bond motifs is 3. The first-order valence-electron chi connectivity index (χ1n) is 12.1. The highest BCUT2D eigenvalue weighted by atomic mass is 15.7. The van der Waals surface area contributed by atoms with E-state index in [1.165, 1.54) is 0 Å². The van der Waals surface area contributed by atoms with Crippen LogP contribution in [-0.2, 0) is 0 Å². The molecule has 0 aliphatic rings. The molecule has 12 heteroatoms. The molecule has 6 rings (SSSR count). The molecule has 0 atom stereocenters. The smallest absolute Gasteiger partial charge is 0.249 e. The quantitative estimate of drug-likeness (QED) is 0.346. The third-order valence-corrected chi connectivity index (χ3v) is 6.15. The molecule has 0 bridgehead atoms. The van der Waals surface area contributed by atoms with Crippen LogP contribution in [-0.4, -0.2) is 49.6 Å². The van der Waals surface area contributed by atoms with E-state index in [0.29, 0.717) is 5.65 Å². The highest BCUT2D eigenvalue weighted by Gasteiger charge is 2.34. The molecule has 0 aliphatic carbocycles. The fourth-order valence-electron chi connectivity index (χ4n) is 4.52. The van der Waals surface area contributed by atoms with E-state index in [1.807, 2.05) is 43.1 Å². The van der Waals surface area contributed by atoms with Gasteiger partial charge in [-0.1, -0.05) is 9.36 Å². The predicted molar refractivity (Wildman–Crippen MR) is 132 cm³/mol. The molecule has 6 aromatic rings. The molecule has 182 valence electrons. The van der Waals surface area contributed by atoms with E-state index in [1.54, 1.807) is 23.4 Å². The highest BCUT2D eigenvalue weighted by Crippen LogP contribution is 2.31. The van der Waals surface area contributed by atoms with Gasteiger partial charge in [0.05, 0.1) is 16.4 Å². The highest BCUT2D eigenvalue weighted by molar-refractivity contribution is 5.96. The molecule has 0 aromatic carbocycles.